The molecule has 0 saturated heterocycles. The average Bonchev–Trinajstić information content (AvgIpc) is 2.18. The van der Waals surface area contributed by atoms with Gasteiger partial charge in [-0.05, 0) is 30.7 Å². The summed E-state index contributed by atoms with van der Waals surface area (Å²) in [6.45, 7) is 1.68. The van der Waals surface area contributed by atoms with Crippen molar-refractivity contribution in [1.82, 2.24) is 4.98 Å². The fourth-order valence-corrected chi connectivity index (χ4v) is 0.885. The second-order valence-electron chi connectivity index (χ2n) is 2.64. The first kappa shape index (κ1) is 9.32. The van der Waals surface area contributed by atoms with Crippen molar-refractivity contribution in [2.24, 2.45) is 0 Å². The summed E-state index contributed by atoms with van der Waals surface area (Å²) in [4.78, 5) is 24.7. The maximum absolute atomic E-state index is 10.4. The summed E-state index contributed by atoms with van der Waals surface area (Å²) in [7, 11) is 0. The number of pyridine rings is 1. The van der Waals surface area contributed by atoms with Gasteiger partial charge in [-0.1, -0.05) is 0 Å². The van der Waals surface area contributed by atoms with Gasteiger partial charge in [-0.2, -0.15) is 0 Å². The summed E-state index contributed by atoms with van der Waals surface area (Å²) in [5.41, 5.74) is 1.75. The normalized spacial score (nSPS) is 11.0. The van der Waals surface area contributed by atoms with Gasteiger partial charge in [-0.3, -0.25) is 14.6 Å². The smallest absolute Gasteiger partial charge is 0.150 e. The van der Waals surface area contributed by atoms with Gasteiger partial charge < -0.3 is 0 Å². The minimum atomic E-state index is 0.556. The lowest BCUT2D eigenvalue weighted by molar-refractivity contribution is -0.104. The zero-order valence-electron chi connectivity index (χ0n) is 7.23. The lowest BCUT2D eigenvalue weighted by atomic mass is 10.2. The zero-order chi connectivity index (χ0) is 9.68. The molecule has 0 bridgehead atoms. The molecule has 1 rings (SSSR count). The molecule has 3 heteroatoms. The van der Waals surface area contributed by atoms with E-state index in [-0.39, 0.29) is 0 Å². The number of carbonyl (C=O) groups is 2. The molecule has 0 spiro atoms. The van der Waals surface area contributed by atoms with Crippen LogP contribution in [0.4, 0.5) is 0 Å². The van der Waals surface area contributed by atoms with Crippen molar-refractivity contribution in [2.45, 2.75) is 6.92 Å². The third-order valence-electron chi connectivity index (χ3n) is 1.50. The summed E-state index contributed by atoms with van der Waals surface area (Å²) in [6, 6.07) is 3.24. The van der Waals surface area contributed by atoms with Gasteiger partial charge in [0.1, 0.15) is 12.6 Å². The highest BCUT2D eigenvalue weighted by Gasteiger charge is 1.93. The van der Waals surface area contributed by atoms with Gasteiger partial charge in [-0.15, -0.1) is 0 Å². The number of hydrogen-bond acceptors (Lipinski definition) is 3. The van der Waals surface area contributed by atoms with Crippen molar-refractivity contribution in [2.75, 3.05) is 0 Å². The molecule has 1 heterocycles. The molecule has 0 N–H and O–H groups in total. The fraction of sp³-hybridized carbons (Fsp3) is 0.100. The first-order chi connectivity index (χ1) is 6.26. The van der Waals surface area contributed by atoms with Gasteiger partial charge in [0, 0.05) is 11.8 Å². The number of rotatable bonds is 3. The fourth-order valence-electron chi connectivity index (χ4n) is 0.885. The molecular weight excluding hydrogens is 166 g/mol. The van der Waals surface area contributed by atoms with Crippen LogP contribution < -0.4 is 0 Å². The molecule has 0 aliphatic heterocycles. The van der Waals surface area contributed by atoms with Gasteiger partial charge in [0.15, 0.2) is 0 Å². The van der Waals surface area contributed by atoms with Crippen LogP contribution in [0.15, 0.2) is 23.9 Å². The van der Waals surface area contributed by atoms with Gasteiger partial charge in [0.2, 0.25) is 0 Å². The number of hydrogen-bond donors (Lipinski definition) is 0. The first-order valence-corrected chi connectivity index (χ1v) is 3.81. The Bertz CT molecular complexity index is 356. The third-order valence-corrected chi connectivity index (χ3v) is 1.50. The number of aromatic nitrogens is 1. The van der Waals surface area contributed by atoms with Gasteiger partial charge >= 0.3 is 0 Å². The second kappa shape index (κ2) is 4.30. The Morgan fingerprint density at radius 1 is 1.46 bits per heavy atom. The predicted molar refractivity (Wildman–Crippen MR) is 49.3 cm³/mol. The number of carbonyl (C=O) groups excluding carboxylic acids is 2. The van der Waals surface area contributed by atoms with Crippen molar-refractivity contribution in [3.63, 3.8) is 0 Å². The van der Waals surface area contributed by atoms with E-state index in [1.54, 1.807) is 25.1 Å². The molecule has 13 heavy (non-hydrogen) atoms. The Morgan fingerprint density at radius 2 is 2.23 bits per heavy atom. The molecule has 0 radical (unpaired) electrons. The van der Waals surface area contributed by atoms with Crippen LogP contribution in [0.25, 0.3) is 6.08 Å². The largest absolute Gasteiger partial charge is 0.298 e. The summed E-state index contributed by atoms with van der Waals surface area (Å²) in [5.74, 6) is 0. The van der Waals surface area contributed by atoms with E-state index in [4.69, 9.17) is 0 Å². The summed E-state index contributed by atoms with van der Waals surface area (Å²) in [6.07, 6.45) is 4.65. The van der Waals surface area contributed by atoms with E-state index in [1.807, 2.05) is 0 Å². The van der Waals surface area contributed by atoms with Crippen LogP contribution in [0.2, 0.25) is 0 Å². The quantitative estimate of drug-likeness (QED) is 0.516. The summed E-state index contributed by atoms with van der Waals surface area (Å²) in [5, 5.41) is 0. The lowest BCUT2D eigenvalue weighted by Gasteiger charge is -1.94. The van der Waals surface area contributed by atoms with Crippen LogP contribution in [-0.2, 0) is 4.79 Å². The average molecular weight is 175 g/mol. The van der Waals surface area contributed by atoms with Gasteiger partial charge in [0.25, 0.3) is 0 Å². The highest BCUT2D eigenvalue weighted by molar-refractivity contribution is 5.81. The van der Waals surface area contributed by atoms with E-state index in [1.165, 1.54) is 6.20 Å². The van der Waals surface area contributed by atoms with E-state index in [9.17, 15) is 9.59 Å². The Kier molecular flexibility index (Phi) is 3.09. The van der Waals surface area contributed by atoms with Crippen LogP contribution >= 0.6 is 0 Å². The molecule has 66 valence electrons. The first-order valence-electron chi connectivity index (χ1n) is 3.81. The van der Waals surface area contributed by atoms with Crippen molar-refractivity contribution >= 4 is 18.6 Å². The topological polar surface area (TPSA) is 47.0 Å². The second-order valence-corrected chi connectivity index (χ2v) is 2.64. The van der Waals surface area contributed by atoms with E-state index in [0.717, 1.165) is 12.6 Å². The number of allylic oxidation sites excluding steroid dienone is 1. The summed E-state index contributed by atoms with van der Waals surface area (Å²) < 4.78 is 0. The molecule has 1 aromatic rings. The predicted octanol–water partition coefficient (Wildman–Crippen LogP) is 1.50. The van der Waals surface area contributed by atoms with E-state index in [0.29, 0.717) is 16.8 Å². The van der Waals surface area contributed by atoms with E-state index < -0.39 is 0 Å². The highest BCUT2D eigenvalue weighted by atomic mass is 16.1. The lowest BCUT2D eigenvalue weighted by Crippen LogP contribution is -1.86. The molecule has 0 saturated carbocycles. The van der Waals surface area contributed by atoms with Gasteiger partial charge in [-0.25, -0.2) is 0 Å². The standard InChI is InChI=1S/C10H9NO2/c1-8(6-12)4-10-5-9(7-13)2-3-11-10/h2-7H,1H3/b8-4+. The molecule has 0 aliphatic rings. The van der Waals surface area contributed by atoms with E-state index >= 15 is 0 Å². The SMILES string of the molecule is C/C(C=O)=C\c1cc(C=O)ccn1. The zero-order valence-corrected chi connectivity index (χ0v) is 7.23. The Balaban J connectivity index is 3.02. The third kappa shape index (κ3) is 2.63. The maximum Gasteiger partial charge on any atom is 0.150 e. The van der Waals surface area contributed by atoms with Crippen LogP contribution in [0.5, 0.6) is 0 Å². The molecule has 3 nitrogen and oxygen atoms in total. The molecule has 1 aromatic heterocycles. The number of aldehydes is 2. The molecule has 0 unspecified atom stereocenters. The van der Waals surface area contributed by atoms with Crippen LogP contribution in [0.3, 0.4) is 0 Å². The maximum atomic E-state index is 10.4. The molecule has 0 atom stereocenters. The van der Waals surface area contributed by atoms with Crippen molar-refractivity contribution in [3.8, 4) is 0 Å². The molecule has 0 aromatic carbocycles. The van der Waals surface area contributed by atoms with Crippen LogP contribution in [0, 0.1) is 0 Å². The molecule has 0 fully saturated rings. The Hall–Kier alpha value is -1.77. The molecule has 0 aliphatic carbocycles. The minimum absolute atomic E-state index is 0.556. The Morgan fingerprint density at radius 3 is 2.85 bits per heavy atom. The van der Waals surface area contributed by atoms with Crippen molar-refractivity contribution in [1.29, 1.82) is 0 Å². The highest BCUT2D eigenvalue weighted by Crippen LogP contribution is 2.03. The van der Waals surface area contributed by atoms with Gasteiger partial charge in [0.05, 0.1) is 5.69 Å². The monoisotopic (exact) mass is 175 g/mol. The van der Waals surface area contributed by atoms with E-state index in [2.05, 4.69) is 4.98 Å². The van der Waals surface area contributed by atoms with Crippen molar-refractivity contribution in [3.05, 3.63) is 35.2 Å². The van der Waals surface area contributed by atoms with Crippen LogP contribution in [-0.4, -0.2) is 17.6 Å². The number of nitrogens with zero attached hydrogens (tertiary/aromatic N) is 1. The molecular formula is C10H9NO2. The minimum Gasteiger partial charge on any atom is -0.298 e. The Labute approximate surface area is 76.1 Å². The van der Waals surface area contributed by atoms with Crippen LogP contribution in [0.1, 0.15) is 23.0 Å². The summed E-state index contributed by atoms with van der Waals surface area (Å²) >= 11 is 0. The van der Waals surface area contributed by atoms with Crippen molar-refractivity contribution < 1.29 is 9.59 Å². The molecule has 0 amide bonds.